The topological polar surface area (TPSA) is 101 Å². The van der Waals surface area contributed by atoms with Crippen LogP contribution in [0.5, 0.6) is 0 Å². The first-order valence-electron chi connectivity index (χ1n) is 6.13. The summed E-state index contributed by atoms with van der Waals surface area (Å²) >= 11 is 6.50. The summed E-state index contributed by atoms with van der Waals surface area (Å²) in [6.07, 6.45) is 0. The van der Waals surface area contributed by atoms with Crippen molar-refractivity contribution in [3.8, 4) is 0 Å². The Kier molecular flexibility index (Phi) is 3.83. The van der Waals surface area contributed by atoms with Gasteiger partial charge in [-0.05, 0) is 28.1 Å². The number of hydrogen-bond donors (Lipinski definition) is 2. The van der Waals surface area contributed by atoms with Crippen molar-refractivity contribution >= 4 is 48.8 Å². The second-order valence-corrected chi connectivity index (χ2v) is 6.13. The highest BCUT2D eigenvalue weighted by molar-refractivity contribution is 9.10. The molecule has 0 aliphatic rings. The summed E-state index contributed by atoms with van der Waals surface area (Å²) in [5, 5.41) is 0. The number of carbonyl (C=O) groups excluding carboxylic acids is 1. The zero-order chi connectivity index (χ0) is 15.9. The van der Waals surface area contributed by atoms with E-state index in [0.29, 0.717) is 10.3 Å². The van der Waals surface area contributed by atoms with Gasteiger partial charge in [-0.3, -0.25) is 19.6 Å². The van der Waals surface area contributed by atoms with Crippen molar-refractivity contribution in [2.45, 2.75) is 6.54 Å². The summed E-state index contributed by atoms with van der Waals surface area (Å²) in [4.78, 5) is 44.1. The zero-order valence-electron chi connectivity index (χ0n) is 10.9. The highest BCUT2D eigenvalue weighted by atomic mass is 79.9. The second-order valence-electron chi connectivity index (χ2n) is 4.50. The van der Waals surface area contributed by atoms with Crippen LogP contribution >= 0.6 is 31.9 Å². The third kappa shape index (κ3) is 2.69. The van der Waals surface area contributed by atoms with Crippen LogP contribution < -0.4 is 11.2 Å². The third-order valence-electron chi connectivity index (χ3n) is 3.06. The van der Waals surface area contributed by atoms with Crippen LogP contribution in [-0.2, 0) is 6.54 Å². The van der Waals surface area contributed by atoms with E-state index in [1.165, 1.54) is 4.57 Å². The minimum atomic E-state index is -0.645. The van der Waals surface area contributed by atoms with E-state index in [0.717, 1.165) is 4.47 Å². The van der Waals surface area contributed by atoms with Crippen molar-refractivity contribution in [3.05, 3.63) is 59.9 Å². The number of hydrogen-bond acceptors (Lipinski definition) is 4. The van der Waals surface area contributed by atoms with Crippen molar-refractivity contribution in [1.82, 2.24) is 19.5 Å². The highest BCUT2D eigenvalue weighted by Crippen LogP contribution is 2.17. The lowest BCUT2D eigenvalue weighted by molar-refractivity contribution is 0.0972. The number of ketones is 1. The Bertz CT molecular complexity index is 985. The summed E-state index contributed by atoms with van der Waals surface area (Å²) < 4.78 is 2.57. The van der Waals surface area contributed by atoms with Crippen LogP contribution in [0.1, 0.15) is 10.4 Å². The molecule has 0 saturated carbocycles. The first-order valence-corrected chi connectivity index (χ1v) is 7.71. The van der Waals surface area contributed by atoms with E-state index >= 15 is 0 Å². The number of aromatic amines is 2. The fourth-order valence-electron chi connectivity index (χ4n) is 2.06. The molecule has 9 heteroatoms. The Morgan fingerprint density at radius 1 is 1.14 bits per heavy atom. The third-order valence-corrected chi connectivity index (χ3v) is 4.20. The SMILES string of the molecule is O=C(Cn1c(Br)nc2[nH]c(=O)[nH]c(=O)c21)c1ccc(Br)cc1. The van der Waals surface area contributed by atoms with E-state index in [2.05, 4.69) is 46.8 Å². The molecular formula is C13H8Br2N4O3. The van der Waals surface area contributed by atoms with Crippen molar-refractivity contribution in [3.63, 3.8) is 0 Å². The van der Waals surface area contributed by atoms with Gasteiger partial charge in [-0.25, -0.2) is 9.78 Å². The van der Waals surface area contributed by atoms with Crippen LogP contribution in [0.15, 0.2) is 43.1 Å². The van der Waals surface area contributed by atoms with Gasteiger partial charge in [0.2, 0.25) is 0 Å². The summed E-state index contributed by atoms with van der Waals surface area (Å²) in [7, 11) is 0. The predicted molar refractivity (Wildman–Crippen MR) is 87.1 cm³/mol. The second kappa shape index (κ2) is 5.65. The normalized spacial score (nSPS) is 11.0. The maximum absolute atomic E-state index is 12.3. The molecule has 0 saturated heterocycles. The molecule has 0 atom stereocenters. The molecule has 22 heavy (non-hydrogen) atoms. The number of rotatable bonds is 3. The molecule has 0 aliphatic heterocycles. The van der Waals surface area contributed by atoms with Crippen molar-refractivity contribution in [1.29, 1.82) is 0 Å². The quantitative estimate of drug-likeness (QED) is 0.491. The minimum Gasteiger partial charge on any atom is -0.305 e. The summed E-state index contributed by atoms with van der Waals surface area (Å²) in [5.41, 5.74) is -0.464. The number of aromatic nitrogens is 4. The standard InChI is InChI=1S/C13H8Br2N4O3/c14-7-3-1-6(2-4-7)8(20)5-19-9-10(16-12(19)15)17-13(22)18-11(9)21/h1-4H,5H2,(H2,17,18,21,22). The molecule has 0 spiro atoms. The lowest BCUT2D eigenvalue weighted by Gasteiger charge is -2.05. The summed E-state index contributed by atoms with van der Waals surface area (Å²) in [6, 6.07) is 6.90. The van der Waals surface area contributed by atoms with Crippen LogP contribution in [-0.4, -0.2) is 25.3 Å². The molecule has 2 heterocycles. The minimum absolute atomic E-state index is 0.0756. The van der Waals surface area contributed by atoms with Gasteiger partial charge in [0, 0.05) is 10.0 Å². The van der Waals surface area contributed by atoms with Gasteiger partial charge in [0.05, 0.1) is 6.54 Å². The molecule has 0 bridgehead atoms. The predicted octanol–water partition coefficient (Wildman–Crippen LogP) is 1.82. The molecule has 1 aromatic carbocycles. The molecule has 0 unspecified atom stereocenters. The van der Waals surface area contributed by atoms with Crippen molar-refractivity contribution in [2.24, 2.45) is 0 Å². The zero-order valence-corrected chi connectivity index (χ0v) is 14.1. The molecule has 112 valence electrons. The average Bonchev–Trinajstić information content (AvgIpc) is 2.75. The molecular weight excluding hydrogens is 420 g/mol. The number of nitrogens with zero attached hydrogens (tertiary/aromatic N) is 2. The van der Waals surface area contributed by atoms with Crippen LogP contribution in [0.4, 0.5) is 0 Å². The van der Waals surface area contributed by atoms with E-state index in [4.69, 9.17) is 0 Å². The number of imidazole rings is 1. The number of halogens is 2. The van der Waals surface area contributed by atoms with Crippen molar-refractivity contribution in [2.75, 3.05) is 0 Å². The average molecular weight is 428 g/mol. The number of H-pyrrole nitrogens is 2. The van der Waals surface area contributed by atoms with Crippen LogP contribution in [0.3, 0.4) is 0 Å². The lowest BCUT2D eigenvalue weighted by atomic mass is 10.1. The summed E-state index contributed by atoms with van der Waals surface area (Å²) in [6.45, 7) is -0.0756. The monoisotopic (exact) mass is 426 g/mol. The van der Waals surface area contributed by atoms with E-state index in [-0.39, 0.29) is 23.5 Å². The lowest BCUT2D eigenvalue weighted by Crippen LogP contribution is -2.24. The molecule has 3 rings (SSSR count). The smallest absolute Gasteiger partial charge is 0.305 e. The number of nitrogens with one attached hydrogen (secondary N) is 2. The van der Waals surface area contributed by atoms with Gasteiger partial charge >= 0.3 is 5.69 Å². The van der Waals surface area contributed by atoms with E-state index in [1.54, 1.807) is 24.3 Å². The van der Waals surface area contributed by atoms with E-state index in [1.807, 2.05) is 0 Å². The van der Waals surface area contributed by atoms with Crippen LogP contribution in [0.2, 0.25) is 0 Å². The Balaban J connectivity index is 2.05. The molecule has 2 N–H and O–H groups in total. The van der Waals surface area contributed by atoms with Crippen LogP contribution in [0, 0.1) is 0 Å². The number of carbonyl (C=O) groups is 1. The molecule has 3 aromatic rings. The fraction of sp³-hybridized carbons (Fsp3) is 0.0769. The maximum Gasteiger partial charge on any atom is 0.327 e. The molecule has 7 nitrogen and oxygen atoms in total. The largest absolute Gasteiger partial charge is 0.327 e. The summed E-state index contributed by atoms with van der Waals surface area (Å²) in [5.74, 6) is -0.182. The molecule has 0 amide bonds. The molecule has 2 aromatic heterocycles. The number of benzene rings is 1. The Morgan fingerprint density at radius 3 is 2.50 bits per heavy atom. The van der Waals surface area contributed by atoms with Gasteiger partial charge in [0.1, 0.15) is 0 Å². The number of fused-ring (bicyclic) bond motifs is 1. The highest BCUT2D eigenvalue weighted by Gasteiger charge is 2.16. The van der Waals surface area contributed by atoms with Crippen molar-refractivity contribution < 1.29 is 4.79 Å². The van der Waals surface area contributed by atoms with Crippen LogP contribution in [0.25, 0.3) is 11.2 Å². The van der Waals surface area contributed by atoms with Gasteiger partial charge < -0.3 is 4.57 Å². The fourth-order valence-corrected chi connectivity index (χ4v) is 2.80. The van der Waals surface area contributed by atoms with Gasteiger partial charge in [0.25, 0.3) is 5.56 Å². The Hall–Kier alpha value is -2.00. The van der Waals surface area contributed by atoms with Gasteiger partial charge in [-0.1, -0.05) is 28.1 Å². The molecule has 0 radical (unpaired) electrons. The van der Waals surface area contributed by atoms with E-state index < -0.39 is 11.2 Å². The molecule has 0 fully saturated rings. The maximum atomic E-state index is 12.3. The Morgan fingerprint density at radius 2 is 1.82 bits per heavy atom. The number of Topliss-reactive ketones (excluding diaryl/α,β-unsaturated/α-hetero) is 1. The molecule has 0 aliphatic carbocycles. The van der Waals surface area contributed by atoms with Gasteiger partial charge in [-0.15, -0.1) is 0 Å². The van der Waals surface area contributed by atoms with Gasteiger partial charge in [0.15, 0.2) is 21.7 Å². The first-order chi connectivity index (χ1) is 10.5. The van der Waals surface area contributed by atoms with E-state index in [9.17, 15) is 14.4 Å². The first kappa shape index (κ1) is 14.9. The Labute approximate surface area is 139 Å². The van der Waals surface area contributed by atoms with Gasteiger partial charge in [-0.2, -0.15) is 0 Å².